The minimum atomic E-state index is -0.887. The smallest absolute Gasteiger partial charge is 0.350 e. The van der Waals surface area contributed by atoms with Crippen LogP contribution in [0.5, 0.6) is 0 Å². The molecule has 4 atom stereocenters. The highest BCUT2D eigenvalue weighted by Crippen LogP contribution is 2.42. The van der Waals surface area contributed by atoms with Crippen molar-refractivity contribution in [1.82, 2.24) is 9.55 Å². The van der Waals surface area contributed by atoms with Crippen molar-refractivity contribution in [3.8, 4) is 0 Å². The second-order valence-corrected chi connectivity index (χ2v) is 6.43. The average Bonchev–Trinajstić information content (AvgIpc) is 2.80. The average molecular weight is 331 g/mol. The fourth-order valence-electron chi connectivity index (χ4n) is 2.30. The molecule has 0 spiro atoms. The molecule has 0 radical (unpaired) electrons. The normalized spacial score (nSPS) is 28.2. The highest BCUT2D eigenvalue weighted by Gasteiger charge is 2.45. The summed E-state index contributed by atoms with van der Waals surface area (Å²) in [5.74, 6) is 0.181. The van der Waals surface area contributed by atoms with Crippen LogP contribution < -0.4 is 11.4 Å². The summed E-state index contributed by atoms with van der Waals surface area (Å²) >= 11 is 1.28. The number of methoxy groups -OCH3 is 1. The van der Waals surface area contributed by atoms with Crippen molar-refractivity contribution in [2.75, 3.05) is 32.7 Å². The van der Waals surface area contributed by atoms with E-state index in [1.165, 1.54) is 16.3 Å². The molecule has 9 heteroatoms. The number of aryl methyl sites for hydroxylation is 1. The van der Waals surface area contributed by atoms with Crippen LogP contribution in [0, 0.1) is 6.92 Å². The van der Waals surface area contributed by atoms with Gasteiger partial charge in [-0.15, -0.1) is 11.8 Å². The Labute approximate surface area is 132 Å². The third-order valence-corrected chi connectivity index (χ3v) is 5.09. The summed E-state index contributed by atoms with van der Waals surface area (Å²) in [6, 6.07) is 0. The first-order valence-corrected chi connectivity index (χ1v) is 7.84. The number of hydrogen-bond acceptors (Lipinski definition) is 8. The fourth-order valence-corrected chi connectivity index (χ4v) is 3.74. The minimum absolute atomic E-state index is 0.181. The van der Waals surface area contributed by atoms with Crippen LogP contribution in [0.25, 0.3) is 0 Å². The standard InChI is InChI=1S/C13H21N3O5S/c1-7-5-16(13(19)15-11(7)14)12-10(21-4-3-20-2)9(18)8(6-17)22-12/h5,8-10,12,17-18H,3-4,6H2,1-2H3,(H2,14,15,19)/t8-,9?,10?,12-/m1/s1. The first-order chi connectivity index (χ1) is 10.5. The van der Waals surface area contributed by atoms with Crippen LogP contribution in [0.2, 0.25) is 0 Å². The first-order valence-electron chi connectivity index (χ1n) is 6.89. The van der Waals surface area contributed by atoms with Crippen molar-refractivity contribution in [3.05, 3.63) is 22.2 Å². The monoisotopic (exact) mass is 331 g/mol. The number of aliphatic hydroxyl groups is 2. The lowest BCUT2D eigenvalue weighted by atomic mass is 10.1. The molecule has 0 amide bonds. The summed E-state index contributed by atoms with van der Waals surface area (Å²) in [6.07, 6.45) is 0.0723. The summed E-state index contributed by atoms with van der Waals surface area (Å²) < 4.78 is 12.0. The van der Waals surface area contributed by atoms with E-state index in [2.05, 4.69) is 4.98 Å². The van der Waals surface area contributed by atoms with Crippen LogP contribution in [0.3, 0.4) is 0 Å². The van der Waals surface area contributed by atoms with Crippen LogP contribution in [0.1, 0.15) is 10.9 Å². The Morgan fingerprint density at radius 3 is 2.86 bits per heavy atom. The molecule has 8 nitrogen and oxygen atoms in total. The third kappa shape index (κ3) is 3.44. The quantitative estimate of drug-likeness (QED) is 0.576. The lowest BCUT2D eigenvalue weighted by Crippen LogP contribution is -2.38. The molecule has 124 valence electrons. The van der Waals surface area contributed by atoms with Crippen molar-refractivity contribution in [1.29, 1.82) is 0 Å². The van der Waals surface area contributed by atoms with Gasteiger partial charge in [-0.05, 0) is 6.92 Å². The Balaban J connectivity index is 2.29. The zero-order chi connectivity index (χ0) is 16.3. The summed E-state index contributed by atoms with van der Waals surface area (Å²) in [5.41, 5.74) is 5.79. The molecule has 1 aromatic rings. The van der Waals surface area contributed by atoms with Gasteiger partial charge in [0.2, 0.25) is 0 Å². The molecule has 1 aromatic heterocycles. The maximum Gasteiger partial charge on any atom is 0.350 e. The molecule has 0 aromatic carbocycles. The van der Waals surface area contributed by atoms with E-state index >= 15 is 0 Å². The largest absolute Gasteiger partial charge is 0.395 e. The second kappa shape index (κ2) is 7.42. The Morgan fingerprint density at radius 2 is 2.23 bits per heavy atom. The summed E-state index contributed by atoms with van der Waals surface area (Å²) in [4.78, 5) is 15.9. The number of aliphatic hydroxyl groups excluding tert-OH is 2. The molecule has 1 aliphatic heterocycles. The Kier molecular flexibility index (Phi) is 5.81. The third-order valence-electron chi connectivity index (χ3n) is 3.54. The van der Waals surface area contributed by atoms with E-state index in [4.69, 9.17) is 15.2 Å². The van der Waals surface area contributed by atoms with Gasteiger partial charge in [-0.1, -0.05) is 0 Å². The molecule has 1 aliphatic rings. The van der Waals surface area contributed by atoms with Gasteiger partial charge in [0, 0.05) is 18.9 Å². The molecule has 0 bridgehead atoms. The van der Waals surface area contributed by atoms with E-state index in [1.807, 2.05) is 0 Å². The molecular formula is C13H21N3O5S. The molecule has 2 rings (SSSR count). The van der Waals surface area contributed by atoms with E-state index in [9.17, 15) is 15.0 Å². The minimum Gasteiger partial charge on any atom is -0.395 e. The van der Waals surface area contributed by atoms with Crippen molar-refractivity contribution in [3.63, 3.8) is 0 Å². The van der Waals surface area contributed by atoms with E-state index in [-0.39, 0.29) is 19.0 Å². The van der Waals surface area contributed by atoms with Crippen LogP contribution in [-0.2, 0) is 9.47 Å². The molecule has 2 unspecified atom stereocenters. The Hall–Kier alpha value is -1.13. The zero-order valence-corrected chi connectivity index (χ0v) is 13.3. The van der Waals surface area contributed by atoms with Gasteiger partial charge in [-0.3, -0.25) is 4.57 Å². The van der Waals surface area contributed by atoms with Crippen molar-refractivity contribution in [2.24, 2.45) is 0 Å². The molecule has 1 fully saturated rings. The van der Waals surface area contributed by atoms with Gasteiger partial charge in [0.25, 0.3) is 0 Å². The fraction of sp³-hybridized carbons (Fsp3) is 0.692. The molecule has 2 heterocycles. The SMILES string of the molecule is COCCOC1C(O)[C@@H](CO)S[C@H]1n1cc(C)c(N)nc1=O. The summed E-state index contributed by atoms with van der Waals surface area (Å²) in [7, 11) is 1.55. The topological polar surface area (TPSA) is 120 Å². The van der Waals surface area contributed by atoms with E-state index in [0.717, 1.165) is 0 Å². The number of ether oxygens (including phenoxy) is 2. The van der Waals surface area contributed by atoms with Gasteiger partial charge in [0.15, 0.2) is 0 Å². The number of nitrogens with zero attached hydrogens (tertiary/aromatic N) is 2. The predicted molar refractivity (Wildman–Crippen MR) is 82.8 cm³/mol. The molecule has 0 saturated carbocycles. The van der Waals surface area contributed by atoms with Crippen LogP contribution >= 0.6 is 11.8 Å². The zero-order valence-electron chi connectivity index (χ0n) is 12.5. The predicted octanol–water partition coefficient (Wildman–Crippen LogP) is -0.867. The van der Waals surface area contributed by atoms with Gasteiger partial charge >= 0.3 is 5.69 Å². The van der Waals surface area contributed by atoms with Crippen LogP contribution in [0.4, 0.5) is 5.82 Å². The number of nitrogens with two attached hydrogens (primary N) is 1. The van der Waals surface area contributed by atoms with Crippen LogP contribution in [0.15, 0.2) is 11.0 Å². The van der Waals surface area contributed by atoms with E-state index in [0.29, 0.717) is 12.2 Å². The van der Waals surface area contributed by atoms with E-state index in [1.54, 1.807) is 20.2 Å². The number of aromatic nitrogens is 2. The number of thioether (sulfide) groups is 1. The lowest BCUT2D eigenvalue weighted by Gasteiger charge is -2.23. The molecule has 22 heavy (non-hydrogen) atoms. The Bertz CT molecular complexity index is 567. The molecule has 0 aliphatic carbocycles. The first kappa shape index (κ1) is 17.2. The summed E-state index contributed by atoms with van der Waals surface area (Å²) in [6.45, 7) is 2.20. The molecule has 4 N–H and O–H groups in total. The van der Waals surface area contributed by atoms with Gasteiger partial charge in [0.1, 0.15) is 17.3 Å². The van der Waals surface area contributed by atoms with Gasteiger partial charge in [-0.2, -0.15) is 4.98 Å². The molecule has 1 saturated heterocycles. The van der Waals surface area contributed by atoms with Crippen molar-refractivity contribution < 1.29 is 19.7 Å². The second-order valence-electron chi connectivity index (χ2n) is 5.07. The highest BCUT2D eigenvalue weighted by atomic mass is 32.2. The highest BCUT2D eigenvalue weighted by molar-refractivity contribution is 8.00. The van der Waals surface area contributed by atoms with Crippen molar-refractivity contribution >= 4 is 17.6 Å². The number of rotatable bonds is 6. The van der Waals surface area contributed by atoms with Gasteiger partial charge in [0.05, 0.1) is 31.2 Å². The maximum absolute atomic E-state index is 12.1. The number of nitrogen functional groups attached to an aromatic ring is 1. The number of hydrogen-bond donors (Lipinski definition) is 3. The Morgan fingerprint density at radius 1 is 1.50 bits per heavy atom. The van der Waals surface area contributed by atoms with Gasteiger partial charge < -0.3 is 25.4 Å². The summed E-state index contributed by atoms with van der Waals surface area (Å²) in [5, 5.41) is 18.8. The lowest BCUT2D eigenvalue weighted by molar-refractivity contribution is -0.0565. The van der Waals surface area contributed by atoms with Gasteiger partial charge in [-0.25, -0.2) is 4.79 Å². The number of anilines is 1. The molecular weight excluding hydrogens is 310 g/mol. The maximum atomic E-state index is 12.1. The van der Waals surface area contributed by atoms with Crippen molar-refractivity contribution in [2.45, 2.75) is 29.8 Å². The van der Waals surface area contributed by atoms with E-state index < -0.39 is 28.5 Å². The van der Waals surface area contributed by atoms with Crippen LogP contribution in [-0.4, -0.2) is 64.2 Å².